The van der Waals surface area contributed by atoms with Gasteiger partial charge in [0.25, 0.3) is 0 Å². The number of carbonyl (C=O) groups excluding carboxylic acids is 1. The predicted octanol–water partition coefficient (Wildman–Crippen LogP) is 1.91. The molecule has 0 bridgehead atoms. The van der Waals surface area contributed by atoms with Gasteiger partial charge in [-0.2, -0.15) is 0 Å². The molecular formula is C14H19NO3. The van der Waals surface area contributed by atoms with Crippen molar-refractivity contribution in [2.75, 3.05) is 26.9 Å². The molecule has 1 atom stereocenters. The minimum atomic E-state index is -0.302. The van der Waals surface area contributed by atoms with Crippen LogP contribution in [-0.2, 0) is 9.47 Å². The van der Waals surface area contributed by atoms with E-state index < -0.39 is 0 Å². The maximum atomic E-state index is 11.3. The van der Waals surface area contributed by atoms with Crippen molar-refractivity contribution in [3.63, 3.8) is 0 Å². The standard InChI is InChI=1S/C14H19NO3/c1-17-14(16)12-6-4-11(5-7-12)13-10-18-9-3-2-8-15-13/h4-7,13,15H,2-3,8-10H2,1H3. The van der Waals surface area contributed by atoms with Gasteiger partial charge in [-0.1, -0.05) is 12.1 Å². The van der Waals surface area contributed by atoms with Crippen LogP contribution in [0.4, 0.5) is 0 Å². The van der Waals surface area contributed by atoms with Crippen molar-refractivity contribution in [1.82, 2.24) is 5.32 Å². The van der Waals surface area contributed by atoms with Crippen LogP contribution in [0.25, 0.3) is 0 Å². The molecule has 1 aromatic rings. The van der Waals surface area contributed by atoms with Crippen LogP contribution >= 0.6 is 0 Å². The Morgan fingerprint density at radius 3 is 2.83 bits per heavy atom. The summed E-state index contributed by atoms with van der Waals surface area (Å²) in [6, 6.07) is 7.70. The number of ether oxygens (including phenoxy) is 2. The molecule has 1 unspecified atom stereocenters. The summed E-state index contributed by atoms with van der Waals surface area (Å²) in [5.74, 6) is -0.302. The number of benzene rings is 1. The number of hydrogen-bond donors (Lipinski definition) is 1. The first kappa shape index (κ1) is 13.1. The molecule has 1 aromatic carbocycles. The first-order chi connectivity index (χ1) is 8.81. The van der Waals surface area contributed by atoms with Crippen LogP contribution in [0.15, 0.2) is 24.3 Å². The number of nitrogens with one attached hydrogen (secondary N) is 1. The normalized spacial score (nSPS) is 20.8. The molecule has 18 heavy (non-hydrogen) atoms. The number of rotatable bonds is 2. The zero-order chi connectivity index (χ0) is 12.8. The Labute approximate surface area is 107 Å². The van der Waals surface area contributed by atoms with E-state index in [1.165, 1.54) is 7.11 Å². The van der Waals surface area contributed by atoms with Gasteiger partial charge in [0, 0.05) is 6.61 Å². The summed E-state index contributed by atoms with van der Waals surface area (Å²) < 4.78 is 10.3. The van der Waals surface area contributed by atoms with Gasteiger partial charge in [0.2, 0.25) is 0 Å². The molecule has 1 heterocycles. The van der Waals surface area contributed by atoms with Gasteiger partial charge in [0.05, 0.1) is 25.3 Å². The fraction of sp³-hybridized carbons (Fsp3) is 0.500. The first-order valence-electron chi connectivity index (χ1n) is 6.30. The van der Waals surface area contributed by atoms with E-state index in [-0.39, 0.29) is 12.0 Å². The molecular weight excluding hydrogens is 230 g/mol. The quantitative estimate of drug-likeness (QED) is 0.813. The van der Waals surface area contributed by atoms with Crippen molar-refractivity contribution in [2.45, 2.75) is 18.9 Å². The number of carbonyl (C=O) groups is 1. The van der Waals surface area contributed by atoms with E-state index in [9.17, 15) is 4.79 Å². The molecule has 1 fully saturated rings. The van der Waals surface area contributed by atoms with Crippen LogP contribution in [0, 0.1) is 0 Å². The SMILES string of the molecule is COC(=O)c1ccc(C2COCCCCN2)cc1. The van der Waals surface area contributed by atoms with Gasteiger partial charge in [-0.25, -0.2) is 4.79 Å². The Bertz CT molecular complexity index is 381. The fourth-order valence-corrected chi connectivity index (χ4v) is 2.05. The second kappa shape index (κ2) is 6.52. The molecule has 1 N–H and O–H groups in total. The van der Waals surface area contributed by atoms with E-state index >= 15 is 0 Å². The maximum Gasteiger partial charge on any atom is 0.337 e. The number of esters is 1. The predicted molar refractivity (Wildman–Crippen MR) is 68.6 cm³/mol. The lowest BCUT2D eigenvalue weighted by Crippen LogP contribution is -2.29. The number of methoxy groups -OCH3 is 1. The largest absolute Gasteiger partial charge is 0.465 e. The Balaban J connectivity index is 2.05. The third-order valence-corrected chi connectivity index (χ3v) is 3.12. The molecule has 1 saturated heterocycles. The van der Waals surface area contributed by atoms with Gasteiger partial charge < -0.3 is 14.8 Å². The van der Waals surface area contributed by atoms with Crippen molar-refractivity contribution in [3.8, 4) is 0 Å². The summed E-state index contributed by atoms with van der Waals surface area (Å²) in [7, 11) is 1.39. The Morgan fingerprint density at radius 1 is 1.33 bits per heavy atom. The van der Waals surface area contributed by atoms with E-state index in [0.717, 1.165) is 31.6 Å². The molecule has 2 rings (SSSR count). The average molecular weight is 249 g/mol. The summed E-state index contributed by atoms with van der Waals surface area (Å²) in [6.07, 6.45) is 2.25. The van der Waals surface area contributed by atoms with Crippen molar-refractivity contribution in [3.05, 3.63) is 35.4 Å². The molecule has 0 aliphatic carbocycles. The van der Waals surface area contributed by atoms with Gasteiger partial charge in [-0.05, 0) is 37.1 Å². The molecule has 0 amide bonds. The molecule has 0 radical (unpaired) electrons. The lowest BCUT2D eigenvalue weighted by Gasteiger charge is -2.22. The van der Waals surface area contributed by atoms with Gasteiger partial charge in [0.1, 0.15) is 0 Å². The van der Waals surface area contributed by atoms with Gasteiger partial charge >= 0.3 is 5.97 Å². The van der Waals surface area contributed by atoms with Crippen molar-refractivity contribution < 1.29 is 14.3 Å². The van der Waals surface area contributed by atoms with E-state index in [2.05, 4.69) is 10.1 Å². The van der Waals surface area contributed by atoms with Crippen molar-refractivity contribution >= 4 is 5.97 Å². The lowest BCUT2D eigenvalue weighted by atomic mass is 10.0. The lowest BCUT2D eigenvalue weighted by molar-refractivity contribution is 0.0600. The minimum Gasteiger partial charge on any atom is -0.465 e. The minimum absolute atomic E-state index is 0.206. The monoisotopic (exact) mass is 249 g/mol. The van der Waals surface area contributed by atoms with Crippen LogP contribution in [0.2, 0.25) is 0 Å². The molecule has 0 aromatic heterocycles. The highest BCUT2D eigenvalue weighted by Crippen LogP contribution is 2.16. The van der Waals surface area contributed by atoms with Crippen molar-refractivity contribution in [1.29, 1.82) is 0 Å². The molecule has 1 aliphatic rings. The molecule has 4 heteroatoms. The summed E-state index contributed by atoms with van der Waals surface area (Å²) in [4.78, 5) is 11.3. The zero-order valence-electron chi connectivity index (χ0n) is 10.6. The summed E-state index contributed by atoms with van der Waals surface area (Å²) in [6.45, 7) is 2.52. The first-order valence-corrected chi connectivity index (χ1v) is 6.30. The van der Waals surface area contributed by atoms with Crippen molar-refractivity contribution in [2.24, 2.45) is 0 Å². The molecule has 4 nitrogen and oxygen atoms in total. The van der Waals surface area contributed by atoms with E-state index in [1.807, 2.05) is 12.1 Å². The highest BCUT2D eigenvalue weighted by atomic mass is 16.5. The summed E-state index contributed by atoms with van der Waals surface area (Å²) in [5.41, 5.74) is 1.72. The average Bonchev–Trinajstić information content (AvgIpc) is 2.38. The third-order valence-electron chi connectivity index (χ3n) is 3.12. The van der Waals surface area contributed by atoms with E-state index in [4.69, 9.17) is 4.74 Å². The topological polar surface area (TPSA) is 47.6 Å². The Kier molecular flexibility index (Phi) is 4.73. The number of hydrogen-bond acceptors (Lipinski definition) is 4. The molecule has 98 valence electrons. The highest BCUT2D eigenvalue weighted by Gasteiger charge is 2.14. The summed E-state index contributed by atoms with van der Waals surface area (Å²) >= 11 is 0. The Hall–Kier alpha value is -1.39. The smallest absolute Gasteiger partial charge is 0.337 e. The second-order valence-corrected chi connectivity index (χ2v) is 4.40. The summed E-state index contributed by atoms with van der Waals surface area (Å²) in [5, 5.41) is 3.46. The van der Waals surface area contributed by atoms with Crippen LogP contribution in [0.1, 0.15) is 34.8 Å². The van der Waals surface area contributed by atoms with E-state index in [0.29, 0.717) is 12.2 Å². The van der Waals surface area contributed by atoms with Gasteiger partial charge in [-0.3, -0.25) is 0 Å². The van der Waals surface area contributed by atoms with Crippen LogP contribution in [0.3, 0.4) is 0 Å². The Morgan fingerprint density at radius 2 is 2.11 bits per heavy atom. The fourth-order valence-electron chi connectivity index (χ4n) is 2.05. The maximum absolute atomic E-state index is 11.3. The van der Waals surface area contributed by atoms with Crippen LogP contribution in [0.5, 0.6) is 0 Å². The zero-order valence-corrected chi connectivity index (χ0v) is 10.6. The molecule has 1 aliphatic heterocycles. The highest BCUT2D eigenvalue weighted by molar-refractivity contribution is 5.89. The van der Waals surface area contributed by atoms with Crippen LogP contribution in [-0.4, -0.2) is 32.8 Å². The van der Waals surface area contributed by atoms with Gasteiger partial charge in [0.15, 0.2) is 0 Å². The van der Waals surface area contributed by atoms with Crippen LogP contribution < -0.4 is 5.32 Å². The third kappa shape index (κ3) is 3.31. The molecule has 0 saturated carbocycles. The van der Waals surface area contributed by atoms with Gasteiger partial charge in [-0.15, -0.1) is 0 Å². The second-order valence-electron chi connectivity index (χ2n) is 4.40. The van der Waals surface area contributed by atoms with E-state index in [1.54, 1.807) is 12.1 Å². The molecule has 0 spiro atoms.